The summed E-state index contributed by atoms with van der Waals surface area (Å²) in [5.41, 5.74) is 2.63. The minimum Gasteiger partial charge on any atom is -0.388 e. The van der Waals surface area contributed by atoms with Crippen LogP contribution in [0.1, 0.15) is 29.7 Å². The van der Waals surface area contributed by atoms with Crippen LogP contribution >= 0.6 is 15.9 Å². The fraction of sp³-hybridized carbons (Fsp3) is 0.267. The zero-order valence-electron chi connectivity index (χ0n) is 10.6. The molecule has 4 heteroatoms. The van der Waals surface area contributed by atoms with Gasteiger partial charge in [-0.3, -0.25) is 4.98 Å². The maximum Gasteiger partial charge on any atom is 0.137 e. The van der Waals surface area contributed by atoms with Crippen LogP contribution in [0.2, 0.25) is 0 Å². The number of rotatable bonds is 4. The van der Waals surface area contributed by atoms with Crippen LogP contribution in [0.25, 0.3) is 0 Å². The average molecular weight is 324 g/mol. The van der Waals surface area contributed by atoms with Gasteiger partial charge in [-0.15, -0.1) is 0 Å². The van der Waals surface area contributed by atoms with Crippen molar-refractivity contribution in [1.29, 1.82) is 0 Å². The third-order valence-electron chi connectivity index (χ3n) is 3.13. The van der Waals surface area contributed by atoms with E-state index < -0.39 is 6.10 Å². The molecule has 2 aromatic rings. The summed E-state index contributed by atoms with van der Waals surface area (Å²) in [6, 6.07) is 6.67. The summed E-state index contributed by atoms with van der Waals surface area (Å²) in [6.07, 6.45) is 3.95. The van der Waals surface area contributed by atoms with Crippen molar-refractivity contribution in [3.8, 4) is 0 Å². The third kappa shape index (κ3) is 3.19. The summed E-state index contributed by atoms with van der Waals surface area (Å²) < 4.78 is 13.9. The lowest BCUT2D eigenvalue weighted by atomic mass is 9.97. The zero-order valence-corrected chi connectivity index (χ0v) is 12.2. The molecule has 1 heterocycles. The lowest BCUT2D eigenvalue weighted by Gasteiger charge is -2.15. The second-order valence-electron chi connectivity index (χ2n) is 4.36. The first-order valence-electron chi connectivity index (χ1n) is 6.17. The number of aliphatic hydroxyl groups is 1. The van der Waals surface area contributed by atoms with E-state index in [4.69, 9.17) is 0 Å². The molecule has 1 atom stereocenters. The number of aliphatic hydroxyl groups excluding tert-OH is 1. The van der Waals surface area contributed by atoms with Crippen LogP contribution in [0.4, 0.5) is 4.39 Å². The van der Waals surface area contributed by atoms with Crippen LogP contribution in [-0.2, 0) is 12.8 Å². The van der Waals surface area contributed by atoms with Crippen molar-refractivity contribution in [3.05, 3.63) is 63.6 Å². The number of benzene rings is 1. The SMILES string of the molecule is CCc1cnccc1C(O)Cc1cccc(F)c1Br. The van der Waals surface area contributed by atoms with Gasteiger partial charge in [0.2, 0.25) is 0 Å². The highest BCUT2D eigenvalue weighted by molar-refractivity contribution is 9.10. The lowest BCUT2D eigenvalue weighted by Crippen LogP contribution is -2.06. The number of aromatic nitrogens is 1. The van der Waals surface area contributed by atoms with Crippen LogP contribution in [0.15, 0.2) is 41.1 Å². The van der Waals surface area contributed by atoms with Crippen molar-refractivity contribution in [2.24, 2.45) is 0 Å². The van der Waals surface area contributed by atoms with E-state index in [0.717, 1.165) is 23.1 Å². The summed E-state index contributed by atoms with van der Waals surface area (Å²) in [5, 5.41) is 10.3. The minimum absolute atomic E-state index is 0.310. The van der Waals surface area contributed by atoms with Gasteiger partial charge in [0.05, 0.1) is 10.6 Å². The Kier molecular flexibility index (Phi) is 4.66. The van der Waals surface area contributed by atoms with E-state index in [0.29, 0.717) is 10.9 Å². The smallest absolute Gasteiger partial charge is 0.137 e. The monoisotopic (exact) mass is 323 g/mol. The molecule has 0 amide bonds. The van der Waals surface area contributed by atoms with E-state index in [9.17, 15) is 9.50 Å². The molecule has 0 saturated carbocycles. The Bertz CT molecular complexity index is 574. The Morgan fingerprint density at radius 3 is 2.84 bits per heavy atom. The van der Waals surface area contributed by atoms with Crippen LogP contribution in [0.3, 0.4) is 0 Å². The third-order valence-corrected chi connectivity index (χ3v) is 4.01. The summed E-state index contributed by atoms with van der Waals surface area (Å²) >= 11 is 3.22. The highest BCUT2D eigenvalue weighted by Crippen LogP contribution is 2.27. The molecule has 0 fully saturated rings. The van der Waals surface area contributed by atoms with Crippen molar-refractivity contribution >= 4 is 15.9 Å². The van der Waals surface area contributed by atoms with Gasteiger partial charge < -0.3 is 5.11 Å². The molecule has 1 aromatic heterocycles. The van der Waals surface area contributed by atoms with Gasteiger partial charge >= 0.3 is 0 Å². The van der Waals surface area contributed by atoms with Crippen molar-refractivity contribution in [2.75, 3.05) is 0 Å². The highest BCUT2D eigenvalue weighted by Gasteiger charge is 2.15. The zero-order chi connectivity index (χ0) is 13.8. The largest absolute Gasteiger partial charge is 0.388 e. The van der Waals surface area contributed by atoms with E-state index in [-0.39, 0.29) is 5.82 Å². The van der Waals surface area contributed by atoms with Crippen LogP contribution in [0.5, 0.6) is 0 Å². The molecule has 2 rings (SSSR count). The number of halogens is 2. The first kappa shape index (κ1) is 14.2. The summed E-state index contributed by atoms with van der Waals surface area (Å²) in [6.45, 7) is 2.02. The highest BCUT2D eigenvalue weighted by atomic mass is 79.9. The molecular formula is C15H15BrFNO. The van der Waals surface area contributed by atoms with Gasteiger partial charge in [-0.1, -0.05) is 19.1 Å². The van der Waals surface area contributed by atoms with Crippen LogP contribution in [-0.4, -0.2) is 10.1 Å². The molecule has 0 bridgehead atoms. The van der Waals surface area contributed by atoms with E-state index in [1.54, 1.807) is 18.5 Å². The van der Waals surface area contributed by atoms with Gasteiger partial charge in [0.15, 0.2) is 0 Å². The number of hydrogen-bond acceptors (Lipinski definition) is 2. The molecule has 1 unspecified atom stereocenters. The van der Waals surface area contributed by atoms with E-state index >= 15 is 0 Å². The van der Waals surface area contributed by atoms with Crippen molar-refractivity contribution in [1.82, 2.24) is 4.98 Å². The van der Waals surface area contributed by atoms with Crippen molar-refractivity contribution in [3.63, 3.8) is 0 Å². The number of hydrogen-bond donors (Lipinski definition) is 1. The Balaban J connectivity index is 2.26. The molecule has 0 radical (unpaired) electrons. The van der Waals surface area contributed by atoms with Gasteiger partial charge in [-0.2, -0.15) is 0 Å². The number of pyridine rings is 1. The number of nitrogens with zero attached hydrogens (tertiary/aromatic N) is 1. The Labute approximate surface area is 120 Å². The van der Waals surface area contributed by atoms with E-state index in [1.807, 2.05) is 19.1 Å². The van der Waals surface area contributed by atoms with Gasteiger partial charge in [0.25, 0.3) is 0 Å². The summed E-state index contributed by atoms with van der Waals surface area (Å²) in [5.74, 6) is -0.310. The van der Waals surface area contributed by atoms with Crippen LogP contribution in [0, 0.1) is 5.82 Å². The molecule has 19 heavy (non-hydrogen) atoms. The maximum atomic E-state index is 13.4. The Hall–Kier alpha value is -1.26. The quantitative estimate of drug-likeness (QED) is 0.927. The summed E-state index contributed by atoms with van der Waals surface area (Å²) in [7, 11) is 0. The van der Waals surface area contributed by atoms with E-state index in [2.05, 4.69) is 20.9 Å². The second kappa shape index (κ2) is 6.26. The average Bonchev–Trinajstić information content (AvgIpc) is 2.43. The van der Waals surface area contributed by atoms with Gasteiger partial charge in [-0.05, 0) is 51.2 Å². The molecule has 0 aliphatic heterocycles. The van der Waals surface area contributed by atoms with Crippen LogP contribution < -0.4 is 0 Å². The fourth-order valence-electron chi connectivity index (χ4n) is 2.08. The summed E-state index contributed by atoms with van der Waals surface area (Å²) in [4.78, 5) is 4.06. The van der Waals surface area contributed by atoms with Crippen molar-refractivity contribution < 1.29 is 9.50 Å². The predicted molar refractivity (Wildman–Crippen MR) is 76.4 cm³/mol. The lowest BCUT2D eigenvalue weighted by molar-refractivity contribution is 0.177. The van der Waals surface area contributed by atoms with Gasteiger partial charge in [-0.25, -0.2) is 4.39 Å². The molecule has 0 aliphatic carbocycles. The molecule has 0 spiro atoms. The van der Waals surface area contributed by atoms with E-state index in [1.165, 1.54) is 6.07 Å². The van der Waals surface area contributed by atoms with Gasteiger partial charge in [0, 0.05) is 18.8 Å². The standard InChI is InChI=1S/C15H15BrFNO/c1-2-10-9-18-7-6-12(10)14(19)8-11-4-3-5-13(17)15(11)16/h3-7,9,14,19H,2,8H2,1H3. The molecule has 100 valence electrons. The minimum atomic E-state index is -0.656. The second-order valence-corrected chi connectivity index (χ2v) is 5.15. The normalized spacial score (nSPS) is 12.4. The predicted octanol–water partition coefficient (Wildman–Crippen LogP) is 3.82. The molecule has 1 N–H and O–H groups in total. The first-order valence-corrected chi connectivity index (χ1v) is 6.96. The maximum absolute atomic E-state index is 13.4. The van der Waals surface area contributed by atoms with Gasteiger partial charge in [0.1, 0.15) is 5.82 Å². The topological polar surface area (TPSA) is 33.1 Å². The Morgan fingerprint density at radius 2 is 2.11 bits per heavy atom. The molecule has 2 nitrogen and oxygen atoms in total. The molecule has 0 aliphatic rings. The Morgan fingerprint density at radius 1 is 1.32 bits per heavy atom. The first-order chi connectivity index (χ1) is 9.13. The van der Waals surface area contributed by atoms with Crippen molar-refractivity contribution in [2.45, 2.75) is 25.9 Å². The molecule has 1 aromatic carbocycles. The molecular weight excluding hydrogens is 309 g/mol. The molecule has 0 saturated heterocycles. The fourth-order valence-corrected chi connectivity index (χ4v) is 2.51. The number of aryl methyl sites for hydroxylation is 1.